The molecule has 0 amide bonds. The predicted octanol–water partition coefficient (Wildman–Crippen LogP) is 2.66. The zero-order valence-corrected chi connectivity index (χ0v) is 5.45. The predicted molar refractivity (Wildman–Crippen MR) is 35.9 cm³/mol. The van der Waals surface area contributed by atoms with Gasteiger partial charge in [-0.25, -0.2) is 0 Å². The highest BCUT2D eigenvalue weighted by Crippen LogP contribution is 2.18. The molecule has 1 heterocycles. The molecule has 0 radical (unpaired) electrons. The van der Waals surface area contributed by atoms with Gasteiger partial charge in [-0.15, -0.1) is 0 Å². The van der Waals surface area contributed by atoms with Crippen molar-refractivity contribution in [1.82, 2.24) is 0 Å². The van der Waals surface area contributed by atoms with Crippen molar-refractivity contribution in [2.45, 2.75) is 13.7 Å². The van der Waals surface area contributed by atoms with E-state index in [1.54, 1.807) is 0 Å². The molecule has 1 nitrogen and oxygen atoms in total. The van der Waals surface area contributed by atoms with E-state index in [1.807, 2.05) is 0 Å². The summed E-state index contributed by atoms with van der Waals surface area (Å²) >= 11 is 2.94. The fourth-order valence-corrected chi connectivity index (χ4v) is 0.658. The van der Waals surface area contributed by atoms with Crippen LogP contribution in [-0.2, 0) is 0 Å². The van der Waals surface area contributed by atoms with Crippen molar-refractivity contribution < 1.29 is 12.6 Å². The highest BCUT2D eigenvalue weighted by Gasteiger charge is 1.97. The van der Waals surface area contributed by atoms with Gasteiger partial charge in [0.2, 0.25) is 0 Å². The lowest BCUT2D eigenvalue weighted by molar-refractivity contribution is 0.503. The van der Waals surface area contributed by atoms with Gasteiger partial charge in [-0.05, 0) is 35.7 Å². The Labute approximate surface area is 65.3 Å². The van der Waals surface area contributed by atoms with Crippen LogP contribution >= 0.6 is 15.9 Å². The average molecular weight is 181 g/mol. The van der Waals surface area contributed by atoms with E-state index in [0.29, 0.717) is 0 Å². The average Bonchev–Trinajstić information content (AvgIpc) is 2.27. The Kier molecular flexibility index (Phi) is 0.454. The third-order valence-corrected chi connectivity index (χ3v) is 1.28. The third kappa shape index (κ3) is 0.944. The summed E-state index contributed by atoms with van der Waals surface area (Å²) in [4.78, 5) is 0. The lowest BCUT2D eigenvalue weighted by atomic mass is 10.5. The van der Waals surface area contributed by atoms with Crippen LogP contribution in [0.25, 0.3) is 0 Å². The Morgan fingerprint density at radius 3 is 3.00 bits per heavy atom. The summed E-state index contributed by atoms with van der Waals surface area (Å²) in [5, 5.41) is 0. The fraction of sp³-hybridized carbons (Fsp3) is 0.333. The Morgan fingerprint density at radius 2 is 2.62 bits per heavy atom. The Balaban J connectivity index is 3.19. The largest absolute Gasteiger partial charge is 0.465 e. The molecule has 0 saturated heterocycles. The number of rotatable bonds is 0. The van der Waals surface area contributed by atoms with Crippen molar-refractivity contribution in [3.8, 4) is 0 Å². The normalized spacial score (nSPS) is 24.1. The van der Waals surface area contributed by atoms with Crippen molar-refractivity contribution in [1.29, 1.82) is 0 Å². The SMILES string of the molecule is [2H]C([2H])([2H])c1cc(Br)c(C([2H])([2H])[2H])o1. The van der Waals surface area contributed by atoms with Gasteiger partial charge in [-0.3, -0.25) is 0 Å². The van der Waals surface area contributed by atoms with Crippen molar-refractivity contribution in [2.24, 2.45) is 0 Å². The fourth-order valence-electron chi connectivity index (χ4n) is 0.369. The second-order valence-corrected chi connectivity index (χ2v) is 2.14. The second-order valence-electron chi connectivity index (χ2n) is 1.29. The van der Waals surface area contributed by atoms with Gasteiger partial charge in [0, 0.05) is 8.22 Å². The first-order valence-electron chi connectivity index (χ1n) is 4.92. The topological polar surface area (TPSA) is 13.1 Å². The maximum atomic E-state index is 7.06. The van der Waals surface area contributed by atoms with Crippen LogP contribution in [0.2, 0.25) is 0 Å². The molecule has 2 heteroatoms. The molecule has 0 aliphatic heterocycles. The molecular formula is C6H7BrO. The molecule has 0 unspecified atom stereocenters. The van der Waals surface area contributed by atoms with Crippen molar-refractivity contribution in [3.63, 3.8) is 0 Å². The van der Waals surface area contributed by atoms with E-state index in [-0.39, 0.29) is 16.0 Å². The van der Waals surface area contributed by atoms with Gasteiger partial charge in [0.05, 0.1) is 4.47 Å². The van der Waals surface area contributed by atoms with E-state index in [2.05, 4.69) is 15.9 Å². The van der Waals surface area contributed by atoms with E-state index in [0.717, 1.165) is 6.07 Å². The van der Waals surface area contributed by atoms with Gasteiger partial charge >= 0.3 is 0 Å². The van der Waals surface area contributed by atoms with Crippen LogP contribution in [0.3, 0.4) is 0 Å². The van der Waals surface area contributed by atoms with Crippen molar-refractivity contribution in [2.75, 3.05) is 0 Å². The van der Waals surface area contributed by atoms with Crippen molar-refractivity contribution >= 4 is 15.9 Å². The molecule has 1 aromatic rings. The Bertz CT molecular complexity index is 335. The van der Waals surface area contributed by atoms with Crippen LogP contribution in [0.4, 0.5) is 0 Å². The molecule has 1 aromatic heterocycles. The minimum atomic E-state index is -2.44. The lowest BCUT2D eigenvalue weighted by Crippen LogP contribution is -1.57. The lowest BCUT2D eigenvalue weighted by Gasteiger charge is -1.79. The van der Waals surface area contributed by atoms with Crippen LogP contribution in [0.15, 0.2) is 15.0 Å². The molecule has 44 valence electrons. The van der Waals surface area contributed by atoms with Gasteiger partial charge in [0.15, 0.2) is 0 Å². The highest BCUT2D eigenvalue weighted by molar-refractivity contribution is 9.10. The van der Waals surface area contributed by atoms with Gasteiger partial charge < -0.3 is 4.42 Å². The summed E-state index contributed by atoms with van der Waals surface area (Å²) in [6.45, 7) is -4.87. The van der Waals surface area contributed by atoms with E-state index in [4.69, 9.17) is 12.6 Å². The summed E-state index contributed by atoms with van der Waals surface area (Å²) in [5.41, 5.74) is 0. The van der Waals surface area contributed by atoms with Crippen LogP contribution in [0.5, 0.6) is 0 Å². The molecule has 0 aliphatic carbocycles. The molecule has 0 N–H and O–H groups in total. The second kappa shape index (κ2) is 1.94. The first-order chi connectivity index (χ1) is 6.12. The number of hydrogen-bond acceptors (Lipinski definition) is 1. The first-order valence-corrected chi connectivity index (χ1v) is 2.72. The number of halogens is 1. The minimum Gasteiger partial charge on any atom is -0.465 e. The minimum absolute atomic E-state index is 0.156. The molecule has 0 bridgehead atoms. The van der Waals surface area contributed by atoms with E-state index in [9.17, 15) is 0 Å². The van der Waals surface area contributed by atoms with Gasteiger partial charge in [-0.2, -0.15) is 0 Å². The zero-order valence-electron chi connectivity index (χ0n) is 9.86. The van der Waals surface area contributed by atoms with Gasteiger partial charge in [-0.1, -0.05) is 0 Å². The van der Waals surface area contributed by atoms with Gasteiger partial charge in [0.25, 0.3) is 0 Å². The van der Waals surface area contributed by atoms with Crippen LogP contribution < -0.4 is 0 Å². The molecule has 0 fully saturated rings. The molecule has 0 spiro atoms. The smallest absolute Gasteiger partial charge is 0.115 e. The summed E-state index contributed by atoms with van der Waals surface area (Å²) in [6, 6.07) is 1.16. The summed E-state index contributed by atoms with van der Waals surface area (Å²) < 4.78 is 47.2. The van der Waals surface area contributed by atoms with E-state index >= 15 is 0 Å². The molecule has 0 saturated carbocycles. The quantitative estimate of drug-likeness (QED) is 0.599. The maximum Gasteiger partial charge on any atom is 0.115 e. The standard InChI is InChI=1S/C6H7BrO/c1-4-3-6(7)5(2)8-4/h3H,1-2H3/i1D3,2D3. The number of aryl methyl sites for hydroxylation is 2. The number of hydrogen-bond donors (Lipinski definition) is 0. The summed E-state index contributed by atoms with van der Waals surface area (Å²) in [6.07, 6.45) is 0. The van der Waals surface area contributed by atoms with Gasteiger partial charge in [0.1, 0.15) is 11.5 Å². The Morgan fingerprint density at radius 1 is 1.75 bits per heavy atom. The Hall–Kier alpha value is -0.240. The molecule has 0 aromatic carbocycles. The van der Waals surface area contributed by atoms with Crippen LogP contribution in [-0.4, -0.2) is 0 Å². The molecule has 1 rings (SSSR count). The van der Waals surface area contributed by atoms with E-state index in [1.165, 1.54) is 0 Å². The van der Waals surface area contributed by atoms with Crippen LogP contribution in [0.1, 0.15) is 19.7 Å². The summed E-state index contributed by atoms with van der Waals surface area (Å²) in [5.74, 6) is -0.654. The van der Waals surface area contributed by atoms with Crippen molar-refractivity contribution in [3.05, 3.63) is 22.1 Å². The van der Waals surface area contributed by atoms with Crippen LogP contribution in [0, 0.1) is 13.7 Å². The molecule has 8 heavy (non-hydrogen) atoms. The molecular weight excluding hydrogens is 168 g/mol. The maximum absolute atomic E-state index is 7.06. The zero-order chi connectivity index (χ0) is 11.1. The molecule has 0 atom stereocenters. The third-order valence-electron chi connectivity index (χ3n) is 0.687. The first kappa shape index (κ1) is 1.87. The van der Waals surface area contributed by atoms with E-state index < -0.39 is 13.7 Å². The molecule has 0 aliphatic rings. The summed E-state index contributed by atoms with van der Waals surface area (Å²) in [7, 11) is 0. The monoisotopic (exact) mass is 180 g/mol. The highest BCUT2D eigenvalue weighted by atomic mass is 79.9. The number of furan rings is 1.